The second-order valence-corrected chi connectivity index (χ2v) is 6.17. The Morgan fingerprint density at radius 3 is 2.90 bits per heavy atom. The molecule has 0 saturated carbocycles. The van der Waals surface area contributed by atoms with Gasteiger partial charge >= 0.3 is 0 Å². The fraction of sp³-hybridized carbons (Fsp3) is 0.462. The van der Waals surface area contributed by atoms with Gasteiger partial charge in [0.05, 0.1) is 4.92 Å². The molecule has 1 fully saturated rings. The topological polar surface area (TPSA) is 93.4 Å². The van der Waals surface area contributed by atoms with E-state index in [1.807, 2.05) is 0 Å². The zero-order valence-corrected chi connectivity index (χ0v) is 12.6. The Kier molecular flexibility index (Phi) is 4.56. The summed E-state index contributed by atoms with van der Waals surface area (Å²) in [5.41, 5.74) is 0.504. The van der Waals surface area contributed by atoms with Crippen molar-refractivity contribution in [3.63, 3.8) is 0 Å². The van der Waals surface area contributed by atoms with E-state index in [4.69, 9.17) is 0 Å². The van der Waals surface area contributed by atoms with Crippen LogP contribution in [-0.2, 0) is 9.59 Å². The number of carbonyl (C=O) groups is 2. The third kappa shape index (κ3) is 3.57. The molecule has 0 aromatic carbocycles. The molecule has 0 N–H and O–H groups in total. The van der Waals surface area contributed by atoms with Gasteiger partial charge in [0, 0.05) is 31.7 Å². The predicted molar refractivity (Wildman–Crippen MR) is 79.2 cm³/mol. The number of anilines is 1. The van der Waals surface area contributed by atoms with Crippen LogP contribution in [0, 0.1) is 23.0 Å². The Labute approximate surface area is 125 Å². The number of pyridine rings is 1. The van der Waals surface area contributed by atoms with Crippen molar-refractivity contribution >= 4 is 34.3 Å². The number of aromatic nitrogens is 1. The second kappa shape index (κ2) is 6.21. The number of nitrogens with zero attached hydrogens (tertiary/aromatic N) is 3. The molecular weight excluding hydrogens is 294 g/mol. The van der Waals surface area contributed by atoms with Crippen LogP contribution < -0.4 is 4.90 Å². The minimum atomic E-state index is -0.512. The van der Waals surface area contributed by atoms with Crippen LogP contribution in [0.1, 0.15) is 18.9 Å². The van der Waals surface area contributed by atoms with Crippen LogP contribution in [0.2, 0.25) is 0 Å². The van der Waals surface area contributed by atoms with Crippen LogP contribution in [-0.4, -0.2) is 33.2 Å². The van der Waals surface area contributed by atoms with Crippen LogP contribution in [0.5, 0.6) is 0 Å². The third-order valence-corrected chi connectivity index (χ3v) is 4.27. The highest BCUT2D eigenvalue weighted by Crippen LogP contribution is 2.29. The van der Waals surface area contributed by atoms with E-state index in [1.165, 1.54) is 24.8 Å². The van der Waals surface area contributed by atoms with Gasteiger partial charge in [-0.3, -0.25) is 24.6 Å². The van der Waals surface area contributed by atoms with E-state index < -0.39 is 4.92 Å². The summed E-state index contributed by atoms with van der Waals surface area (Å²) in [6.45, 7) is 3.69. The maximum atomic E-state index is 12.1. The summed E-state index contributed by atoms with van der Waals surface area (Å²) in [6, 6.07) is 1.41. The van der Waals surface area contributed by atoms with Crippen molar-refractivity contribution in [3.05, 3.63) is 27.9 Å². The first-order chi connectivity index (χ1) is 9.88. The first-order valence-corrected chi connectivity index (χ1v) is 7.41. The standard InChI is InChI=1S/C13H15N3O4S/c1-8-3-11(16(19)20)5-14-13(8)15-6-10(4-12(15)18)7-21-9(2)17/h3,5,10H,4,6-7H2,1-2H3. The van der Waals surface area contributed by atoms with Crippen LogP contribution in [0.3, 0.4) is 0 Å². The molecule has 0 bridgehead atoms. The zero-order valence-electron chi connectivity index (χ0n) is 11.7. The number of amides is 1. The first kappa shape index (κ1) is 15.4. The number of aryl methyl sites for hydroxylation is 1. The van der Waals surface area contributed by atoms with E-state index in [0.717, 1.165) is 6.20 Å². The lowest BCUT2D eigenvalue weighted by Gasteiger charge is -2.17. The monoisotopic (exact) mass is 309 g/mol. The lowest BCUT2D eigenvalue weighted by atomic mass is 10.1. The summed E-state index contributed by atoms with van der Waals surface area (Å²) < 4.78 is 0. The van der Waals surface area contributed by atoms with E-state index in [2.05, 4.69) is 4.98 Å². The SMILES string of the molecule is CC(=O)SCC1CC(=O)N(c2ncc([N+](=O)[O-])cc2C)C1. The van der Waals surface area contributed by atoms with Gasteiger partial charge < -0.3 is 0 Å². The first-order valence-electron chi connectivity index (χ1n) is 6.43. The predicted octanol–water partition coefficient (Wildman–Crippen LogP) is 1.93. The summed E-state index contributed by atoms with van der Waals surface area (Å²) in [6.07, 6.45) is 1.53. The molecule has 112 valence electrons. The smallest absolute Gasteiger partial charge is 0.287 e. The fourth-order valence-electron chi connectivity index (χ4n) is 2.27. The molecule has 1 aromatic heterocycles. The Hall–Kier alpha value is -1.96. The minimum Gasteiger partial charge on any atom is -0.296 e. The molecule has 1 atom stereocenters. The van der Waals surface area contributed by atoms with Crippen molar-refractivity contribution < 1.29 is 14.5 Å². The van der Waals surface area contributed by atoms with Gasteiger partial charge in [-0.1, -0.05) is 11.8 Å². The van der Waals surface area contributed by atoms with Gasteiger partial charge in [0.1, 0.15) is 12.0 Å². The minimum absolute atomic E-state index is 0.0329. The number of rotatable bonds is 4. The van der Waals surface area contributed by atoms with Crippen molar-refractivity contribution in [2.75, 3.05) is 17.2 Å². The van der Waals surface area contributed by atoms with Gasteiger partial charge in [0.15, 0.2) is 5.12 Å². The molecule has 1 saturated heterocycles. The van der Waals surface area contributed by atoms with Gasteiger partial charge in [-0.25, -0.2) is 4.98 Å². The Morgan fingerprint density at radius 2 is 2.33 bits per heavy atom. The van der Waals surface area contributed by atoms with Crippen LogP contribution in [0.15, 0.2) is 12.3 Å². The van der Waals surface area contributed by atoms with Crippen LogP contribution in [0.25, 0.3) is 0 Å². The molecule has 2 heterocycles. The summed E-state index contributed by atoms with van der Waals surface area (Å²) in [5, 5.41) is 10.7. The lowest BCUT2D eigenvalue weighted by molar-refractivity contribution is -0.385. The number of hydrogen-bond acceptors (Lipinski definition) is 6. The summed E-state index contributed by atoms with van der Waals surface area (Å²) >= 11 is 1.21. The second-order valence-electron chi connectivity index (χ2n) is 4.97. The summed E-state index contributed by atoms with van der Waals surface area (Å²) in [4.78, 5) is 38.8. The van der Waals surface area contributed by atoms with Crippen molar-refractivity contribution in [1.82, 2.24) is 4.98 Å². The molecule has 21 heavy (non-hydrogen) atoms. The normalized spacial score (nSPS) is 18.1. The van der Waals surface area contributed by atoms with Gasteiger partial charge in [-0.15, -0.1) is 0 Å². The largest absolute Gasteiger partial charge is 0.296 e. The van der Waals surface area contributed by atoms with Crippen LogP contribution >= 0.6 is 11.8 Å². The molecule has 1 aliphatic heterocycles. The Bertz CT molecular complexity index is 605. The van der Waals surface area contributed by atoms with E-state index >= 15 is 0 Å². The maximum absolute atomic E-state index is 12.1. The number of carbonyl (C=O) groups excluding carboxylic acids is 2. The number of thioether (sulfide) groups is 1. The molecule has 1 aliphatic rings. The van der Waals surface area contributed by atoms with Gasteiger partial charge in [0.2, 0.25) is 5.91 Å². The highest BCUT2D eigenvalue weighted by molar-refractivity contribution is 8.13. The molecule has 0 radical (unpaired) electrons. The van der Waals surface area contributed by atoms with E-state index in [-0.39, 0.29) is 22.6 Å². The molecule has 1 amide bonds. The van der Waals surface area contributed by atoms with Crippen LogP contribution in [0.4, 0.5) is 11.5 Å². The van der Waals surface area contributed by atoms with Gasteiger partial charge in [0.25, 0.3) is 5.69 Å². The molecule has 1 unspecified atom stereocenters. The maximum Gasteiger partial charge on any atom is 0.287 e. The van der Waals surface area contributed by atoms with E-state index in [1.54, 1.807) is 11.8 Å². The van der Waals surface area contributed by atoms with E-state index in [0.29, 0.717) is 30.1 Å². The van der Waals surface area contributed by atoms with E-state index in [9.17, 15) is 19.7 Å². The van der Waals surface area contributed by atoms with Gasteiger partial charge in [-0.2, -0.15) is 0 Å². The number of hydrogen-bond donors (Lipinski definition) is 0. The molecule has 1 aromatic rings. The average molecular weight is 309 g/mol. The summed E-state index contributed by atoms with van der Waals surface area (Å²) in [5.74, 6) is 1.10. The average Bonchev–Trinajstić information content (AvgIpc) is 2.77. The van der Waals surface area contributed by atoms with Crippen molar-refractivity contribution in [2.24, 2.45) is 5.92 Å². The molecule has 0 aliphatic carbocycles. The zero-order chi connectivity index (χ0) is 15.6. The molecule has 7 nitrogen and oxygen atoms in total. The molecular formula is C13H15N3O4S. The highest BCUT2D eigenvalue weighted by atomic mass is 32.2. The van der Waals surface area contributed by atoms with Gasteiger partial charge in [-0.05, 0) is 18.4 Å². The van der Waals surface area contributed by atoms with Crippen molar-refractivity contribution in [1.29, 1.82) is 0 Å². The highest BCUT2D eigenvalue weighted by Gasteiger charge is 2.32. The number of nitro groups is 1. The Morgan fingerprint density at radius 1 is 1.62 bits per heavy atom. The molecule has 8 heteroatoms. The van der Waals surface area contributed by atoms with Crippen molar-refractivity contribution in [3.8, 4) is 0 Å². The Balaban J connectivity index is 2.13. The van der Waals surface area contributed by atoms with Crippen molar-refractivity contribution in [2.45, 2.75) is 20.3 Å². The quantitative estimate of drug-likeness (QED) is 0.623. The third-order valence-electron chi connectivity index (χ3n) is 3.23. The summed E-state index contributed by atoms with van der Waals surface area (Å²) in [7, 11) is 0. The molecule has 2 rings (SSSR count). The molecule has 0 spiro atoms. The lowest BCUT2D eigenvalue weighted by Crippen LogP contribution is -2.26. The fourth-order valence-corrected chi connectivity index (χ4v) is 2.96.